The Morgan fingerprint density at radius 1 is 0.165 bits per heavy atom. The molecule has 0 spiro atoms. The van der Waals surface area contributed by atoms with Crippen LogP contribution in [0.1, 0.15) is 391 Å². The first-order valence-corrected chi connectivity index (χ1v) is 37.0. The number of quaternary nitrogens is 3. The quantitative estimate of drug-likeness (QED) is 0.0346. The lowest BCUT2D eigenvalue weighted by Gasteiger charge is -2.37. The Morgan fingerprint density at radius 3 is 0.342 bits per heavy atom. The third-order valence-corrected chi connectivity index (χ3v) is 18.9. The molecule has 0 saturated heterocycles. The van der Waals surface area contributed by atoms with Gasteiger partial charge >= 0.3 is 0 Å². The minimum Gasteiger partial charge on any atom is -0.907 e. The predicted octanol–water partition coefficient (Wildman–Crippen LogP) is 20.4. The summed E-state index contributed by atoms with van der Waals surface area (Å²) in [5, 5.41) is 25.2. The van der Waals surface area contributed by atoms with E-state index in [0.717, 1.165) is 0 Å². The summed E-state index contributed by atoms with van der Waals surface area (Å²) in [5.41, 5.74) is 0. The number of unbranched alkanes of at least 4 members (excludes halogenated alkanes) is 42. The fourth-order valence-corrected chi connectivity index (χ4v) is 12.4. The Labute approximate surface area is 503 Å². The monoisotopic (exact) mass is 1120 g/mol. The van der Waals surface area contributed by atoms with Crippen molar-refractivity contribution < 1.29 is 28.5 Å². The second-order valence-corrected chi connectivity index (χ2v) is 25.4. The van der Waals surface area contributed by atoms with E-state index in [1.165, 1.54) is 400 Å². The van der Waals surface area contributed by atoms with Crippen LogP contribution in [0.5, 0.6) is 0 Å². The molecular formula is C72H156BN3O3. The van der Waals surface area contributed by atoms with E-state index in [9.17, 15) is 0 Å². The van der Waals surface area contributed by atoms with Gasteiger partial charge in [0.1, 0.15) is 0 Å². The normalized spacial score (nSPS) is 11.7. The lowest BCUT2D eigenvalue weighted by Crippen LogP contribution is -2.56. The van der Waals surface area contributed by atoms with Gasteiger partial charge in [-0.1, -0.05) is 273 Å². The lowest BCUT2D eigenvalue weighted by molar-refractivity contribution is -0.925. The van der Waals surface area contributed by atoms with Crippen molar-refractivity contribution in [1.29, 1.82) is 0 Å². The fourth-order valence-electron chi connectivity index (χ4n) is 12.4. The first-order valence-electron chi connectivity index (χ1n) is 37.0. The van der Waals surface area contributed by atoms with Crippen LogP contribution in [0.2, 0.25) is 0 Å². The van der Waals surface area contributed by atoms with Gasteiger partial charge < -0.3 is 28.5 Å². The molecule has 0 amide bonds. The van der Waals surface area contributed by atoms with Crippen molar-refractivity contribution in [3.63, 3.8) is 0 Å². The van der Waals surface area contributed by atoms with E-state index in [0.29, 0.717) is 0 Å². The van der Waals surface area contributed by atoms with Crippen LogP contribution in [0.4, 0.5) is 0 Å². The highest BCUT2D eigenvalue weighted by atomic mass is 16.5. The van der Waals surface area contributed by atoms with Crippen molar-refractivity contribution in [2.75, 3.05) is 78.5 Å². The zero-order valence-corrected chi connectivity index (χ0v) is 57.6. The highest BCUT2D eigenvalue weighted by Crippen LogP contribution is 2.20. The molecule has 0 radical (unpaired) electrons. The molecule has 0 aliphatic carbocycles. The summed E-state index contributed by atoms with van der Waals surface area (Å²) in [6.45, 7) is 44.9. The summed E-state index contributed by atoms with van der Waals surface area (Å²) in [7, 11) is -2.92. The highest BCUT2D eigenvalue weighted by Gasteiger charge is 2.24. The molecule has 6 nitrogen and oxygen atoms in total. The molecule has 0 aromatic carbocycles. The van der Waals surface area contributed by atoms with Crippen molar-refractivity contribution in [3.8, 4) is 0 Å². The maximum Gasteiger partial charge on any atom is 0.0786 e. The molecule has 79 heavy (non-hydrogen) atoms. The molecule has 0 atom stereocenters. The molecule has 480 valence electrons. The van der Waals surface area contributed by atoms with Gasteiger partial charge in [0.15, 0.2) is 0 Å². The van der Waals surface area contributed by atoms with Crippen molar-refractivity contribution in [2.24, 2.45) is 0 Å². The van der Waals surface area contributed by atoms with Crippen LogP contribution in [0.3, 0.4) is 0 Å². The van der Waals surface area contributed by atoms with Gasteiger partial charge in [-0.05, 0) is 119 Å². The average molecular weight is 1120 g/mol. The molecule has 0 fully saturated rings. The molecule has 0 aliphatic heterocycles. The third-order valence-electron chi connectivity index (χ3n) is 18.9. The van der Waals surface area contributed by atoms with E-state index in [1.54, 1.807) is 0 Å². The molecule has 0 bridgehead atoms. The summed E-state index contributed by atoms with van der Waals surface area (Å²) < 4.78 is 4.14. The second kappa shape index (κ2) is 70.3. The number of nitrogens with zero attached hydrogens (tertiary/aromatic N) is 3. The first kappa shape index (κ1) is 85.3. The molecule has 0 rings (SSSR count). The minimum atomic E-state index is -2.92. The van der Waals surface area contributed by atoms with Crippen molar-refractivity contribution >= 4 is 7.32 Å². The Kier molecular flexibility index (Phi) is 75.9. The lowest BCUT2D eigenvalue weighted by atomic mass is 10.1. The summed E-state index contributed by atoms with van der Waals surface area (Å²) in [6.07, 6.45) is 69.4. The molecule has 0 aromatic heterocycles. The standard InChI is InChI=1S/3C24H52N.BO3/c3*1-5-9-11-13-15-17-19-21-23-25(7-3,8-4)24-22-20-18-16-14-12-10-6-2;2-1(3)4/h3*5-24H2,1-4H3;/q3*+1;-3. The third kappa shape index (κ3) is 63.7. The van der Waals surface area contributed by atoms with Crippen LogP contribution in [0, 0.1) is 0 Å². The predicted molar refractivity (Wildman–Crippen MR) is 355 cm³/mol. The van der Waals surface area contributed by atoms with Gasteiger partial charge in [-0.2, -0.15) is 0 Å². The van der Waals surface area contributed by atoms with E-state index in [2.05, 4.69) is 83.1 Å². The van der Waals surface area contributed by atoms with E-state index in [4.69, 9.17) is 15.1 Å². The smallest absolute Gasteiger partial charge is 0.0786 e. The SMILES string of the molecule is CCCCCCCCCC[N+](CC)(CC)CCCCCCCCCC.CCCCCCCCCC[N+](CC)(CC)CCCCCCCCCC.CCCCCCCCCC[N+](CC)(CC)CCCCCCCCCC.[O-]B([O-])[O-]. The highest BCUT2D eigenvalue weighted by molar-refractivity contribution is 6.24. The molecule has 0 N–H and O–H groups in total. The van der Waals surface area contributed by atoms with Crippen LogP contribution in [-0.2, 0) is 0 Å². The number of rotatable bonds is 60. The number of hydrogen-bond acceptors (Lipinski definition) is 3. The molecule has 0 unspecified atom stereocenters. The largest absolute Gasteiger partial charge is 0.907 e. The summed E-state index contributed by atoms with van der Waals surface area (Å²) in [5.74, 6) is 0. The van der Waals surface area contributed by atoms with E-state index >= 15 is 0 Å². The molecule has 0 heterocycles. The zero-order chi connectivity index (χ0) is 59.5. The maximum atomic E-state index is 8.42. The van der Waals surface area contributed by atoms with Gasteiger partial charge in [-0.3, -0.25) is 7.32 Å². The molecular weight excluding hydrogens is 966 g/mol. The Hall–Kier alpha value is -0.175. The van der Waals surface area contributed by atoms with E-state index < -0.39 is 7.32 Å². The summed E-state index contributed by atoms with van der Waals surface area (Å²) >= 11 is 0. The average Bonchev–Trinajstić information content (AvgIpc) is 3.46. The van der Waals surface area contributed by atoms with Crippen LogP contribution >= 0.6 is 0 Å². The van der Waals surface area contributed by atoms with E-state index in [1.807, 2.05) is 0 Å². The topological polar surface area (TPSA) is 69.2 Å². The van der Waals surface area contributed by atoms with Crippen molar-refractivity contribution in [3.05, 3.63) is 0 Å². The van der Waals surface area contributed by atoms with Crippen LogP contribution in [0.25, 0.3) is 0 Å². The zero-order valence-electron chi connectivity index (χ0n) is 57.6. The summed E-state index contributed by atoms with van der Waals surface area (Å²) in [4.78, 5) is 0. The molecule has 0 aromatic rings. The van der Waals surface area contributed by atoms with Crippen molar-refractivity contribution in [1.82, 2.24) is 0 Å². The van der Waals surface area contributed by atoms with E-state index in [-0.39, 0.29) is 0 Å². The first-order chi connectivity index (χ1) is 38.5. The van der Waals surface area contributed by atoms with Crippen LogP contribution < -0.4 is 15.1 Å². The van der Waals surface area contributed by atoms with Crippen molar-refractivity contribution in [2.45, 2.75) is 391 Å². The fraction of sp³-hybridized carbons (Fsp3) is 1.00. The van der Waals surface area contributed by atoms with Gasteiger partial charge in [-0.25, -0.2) is 0 Å². The van der Waals surface area contributed by atoms with Gasteiger partial charge in [-0.15, -0.1) is 0 Å². The van der Waals surface area contributed by atoms with Gasteiger partial charge in [0.25, 0.3) is 0 Å². The maximum absolute atomic E-state index is 8.42. The Balaban J connectivity index is -0.000000515. The minimum absolute atomic E-state index is 1.34. The Bertz CT molecular complexity index is 859. The number of hydrogen-bond donors (Lipinski definition) is 0. The molecule has 0 saturated carbocycles. The molecule has 7 heteroatoms. The van der Waals surface area contributed by atoms with Crippen LogP contribution in [0.15, 0.2) is 0 Å². The second-order valence-electron chi connectivity index (χ2n) is 25.4. The Morgan fingerprint density at radius 2 is 0.253 bits per heavy atom. The molecule has 0 aliphatic rings. The van der Waals surface area contributed by atoms with Crippen LogP contribution in [-0.4, -0.2) is 99.3 Å². The van der Waals surface area contributed by atoms with Gasteiger partial charge in [0, 0.05) is 0 Å². The van der Waals surface area contributed by atoms with Gasteiger partial charge in [0.2, 0.25) is 0 Å². The van der Waals surface area contributed by atoms with Gasteiger partial charge in [0.05, 0.1) is 78.5 Å². The summed E-state index contributed by atoms with van der Waals surface area (Å²) in [6, 6.07) is 0.